The molecule has 1 saturated heterocycles. The van der Waals surface area contributed by atoms with Crippen molar-refractivity contribution in [3.8, 4) is 0 Å². The van der Waals surface area contributed by atoms with E-state index >= 15 is 0 Å². The van der Waals surface area contributed by atoms with Gasteiger partial charge in [0, 0.05) is 74.9 Å². The molecule has 2 heterocycles. The van der Waals surface area contributed by atoms with Crippen LogP contribution in [0.1, 0.15) is 42.5 Å². The van der Waals surface area contributed by atoms with Gasteiger partial charge < -0.3 is 41.0 Å². The molecule has 258 valence electrons. The Bertz CT molecular complexity index is 1460. The number of piperazine rings is 1. The zero-order valence-electron chi connectivity index (χ0n) is 27.3. The number of benzene rings is 2. The van der Waals surface area contributed by atoms with Crippen LogP contribution in [0, 0.1) is 16.0 Å². The smallest absolute Gasteiger partial charge is 0.269 e. The summed E-state index contributed by atoms with van der Waals surface area (Å²) in [6.07, 6.45) is 6.20. The minimum Gasteiger partial charge on any atom is -0.378 e. The fourth-order valence-corrected chi connectivity index (χ4v) is 5.83. The first kappa shape index (κ1) is 34.7. The summed E-state index contributed by atoms with van der Waals surface area (Å²) in [5, 5.41) is 20.7. The fraction of sp³-hybridized carbons (Fsp3) is 0.515. The van der Waals surface area contributed by atoms with E-state index in [1.54, 1.807) is 24.3 Å². The van der Waals surface area contributed by atoms with Crippen molar-refractivity contribution < 1.29 is 19.2 Å². The van der Waals surface area contributed by atoms with Crippen LogP contribution in [0.25, 0.3) is 0 Å². The van der Waals surface area contributed by atoms with Crippen molar-refractivity contribution in [2.24, 2.45) is 11.7 Å². The second-order valence-electron chi connectivity index (χ2n) is 11.9. The maximum absolute atomic E-state index is 12.8. The number of carbonyl (C=O) groups excluding carboxylic acids is 1. The Labute approximate surface area is 280 Å². The SMILES string of the molecule is NCCOCCOCCNC(=O)c1cccc(Nc2nc(NCC3CCCCC3)nc(N3CCN(c4ccc([N+](=O)[O-])cc4)CC3)n2)c1. The Morgan fingerprint density at radius 1 is 0.896 bits per heavy atom. The van der Waals surface area contributed by atoms with Crippen LogP contribution in [-0.2, 0) is 9.47 Å². The van der Waals surface area contributed by atoms with Crippen LogP contribution in [-0.4, -0.2) is 98.0 Å². The lowest BCUT2D eigenvalue weighted by Gasteiger charge is -2.36. The first-order valence-electron chi connectivity index (χ1n) is 16.7. The highest BCUT2D eigenvalue weighted by Gasteiger charge is 2.22. The Kier molecular flexibility index (Phi) is 13.1. The van der Waals surface area contributed by atoms with Crippen LogP contribution < -0.4 is 31.5 Å². The number of amides is 1. The van der Waals surface area contributed by atoms with Crippen LogP contribution in [0.15, 0.2) is 48.5 Å². The van der Waals surface area contributed by atoms with Crippen molar-refractivity contribution in [3.05, 3.63) is 64.2 Å². The number of nitro groups is 1. The van der Waals surface area contributed by atoms with E-state index in [4.69, 9.17) is 30.2 Å². The van der Waals surface area contributed by atoms with Crippen molar-refractivity contribution in [2.75, 3.05) is 92.7 Å². The summed E-state index contributed by atoms with van der Waals surface area (Å²) in [6, 6.07) is 13.8. The molecule has 1 aromatic heterocycles. The van der Waals surface area contributed by atoms with E-state index in [9.17, 15) is 14.9 Å². The molecule has 15 heteroatoms. The molecule has 1 aliphatic carbocycles. The third kappa shape index (κ3) is 10.5. The predicted molar refractivity (Wildman–Crippen MR) is 185 cm³/mol. The molecule has 2 aromatic carbocycles. The molecule has 15 nitrogen and oxygen atoms in total. The summed E-state index contributed by atoms with van der Waals surface area (Å²) in [4.78, 5) is 42.1. The lowest BCUT2D eigenvalue weighted by Crippen LogP contribution is -2.47. The van der Waals surface area contributed by atoms with Gasteiger partial charge in [-0.15, -0.1) is 0 Å². The Hall–Kier alpha value is -4.60. The third-order valence-electron chi connectivity index (χ3n) is 8.43. The molecule has 0 bridgehead atoms. The molecule has 5 N–H and O–H groups in total. The van der Waals surface area contributed by atoms with Crippen molar-refractivity contribution in [1.82, 2.24) is 20.3 Å². The molecule has 0 unspecified atom stereocenters. The van der Waals surface area contributed by atoms with Crippen LogP contribution in [0.3, 0.4) is 0 Å². The highest BCUT2D eigenvalue weighted by atomic mass is 16.6. The first-order chi connectivity index (χ1) is 23.5. The number of nitrogens with two attached hydrogens (primary N) is 1. The number of nitrogens with one attached hydrogen (secondary N) is 3. The maximum Gasteiger partial charge on any atom is 0.269 e. The standard InChI is InChI=1S/C33H46N10O5/c34-13-19-47-21-22-48-20-14-35-30(44)26-7-4-8-27(23-26)37-32-38-31(36-24-25-5-2-1-3-6-25)39-33(40-32)42-17-15-41(16-18-42)28-9-11-29(12-10-28)43(45)46/h4,7-12,23,25H,1-3,5-6,13-22,24,34H2,(H,35,44)(H2,36,37,38,39,40). The molecule has 0 atom stereocenters. The Balaban J connectivity index is 1.22. The van der Waals surface area contributed by atoms with Crippen LogP contribution in [0.4, 0.5) is 34.9 Å². The zero-order chi connectivity index (χ0) is 33.6. The third-order valence-corrected chi connectivity index (χ3v) is 8.43. The number of anilines is 5. The molecule has 1 aliphatic heterocycles. The first-order valence-corrected chi connectivity index (χ1v) is 16.7. The summed E-state index contributed by atoms with van der Waals surface area (Å²) >= 11 is 0. The summed E-state index contributed by atoms with van der Waals surface area (Å²) < 4.78 is 10.8. The number of non-ortho nitro benzene ring substituents is 1. The molecule has 2 aliphatic rings. The summed E-state index contributed by atoms with van der Waals surface area (Å²) in [5.41, 5.74) is 7.59. The predicted octanol–water partition coefficient (Wildman–Crippen LogP) is 3.56. The summed E-state index contributed by atoms with van der Waals surface area (Å²) in [5.74, 6) is 1.83. The number of nitro benzene ring substituents is 1. The Morgan fingerprint density at radius 2 is 1.60 bits per heavy atom. The Morgan fingerprint density at radius 3 is 2.33 bits per heavy atom. The average molecular weight is 663 g/mol. The second-order valence-corrected chi connectivity index (χ2v) is 11.9. The number of aromatic nitrogens is 3. The monoisotopic (exact) mass is 662 g/mol. The highest BCUT2D eigenvalue weighted by Crippen LogP contribution is 2.26. The van der Waals surface area contributed by atoms with Gasteiger partial charge in [0.05, 0.1) is 31.4 Å². The van der Waals surface area contributed by atoms with Gasteiger partial charge >= 0.3 is 0 Å². The number of ether oxygens (including phenoxy) is 2. The average Bonchev–Trinajstić information content (AvgIpc) is 3.12. The van der Waals surface area contributed by atoms with Crippen molar-refractivity contribution >= 4 is 40.8 Å². The number of carbonyl (C=O) groups is 1. The summed E-state index contributed by atoms with van der Waals surface area (Å²) in [6.45, 7) is 6.19. The molecular weight excluding hydrogens is 616 g/mol. The molecule has 3 aromatic rings. The summed E-state index contributed by atoms with van der Waals surface area (Å²) in [7, 11) is 0. The van der Waals surface area contributed by atoms with Gasteiger partial charge in [-0.1, -0.05) is 25.3 Å². The van der Waals surface area contributed by atoms with Gasteiger partial charge in [-0.05, 0) is 49.1 Å². The number of nitrogens with zero attached hydrogens (tertiary/aromatic N) is 6. The zero-order valence-corrected chi connectivity index (χ0v) is 27.3. The molecule has 2 fully saturated rings. The molecule has 0 radical (unpaired) electrons. The molecule has 1 saturated carbocycles. The van der Waals surface area contributed by atoms with E-state index in [1.165, 1.54) is 44.2 Å². The van der Waals surface area contributed by atoms with Crippen LogP contribution in [0.2, 0.25) is 0 Å². The van der Waals surface area contributed by atoms with Gasteiger partial charge in [-0.2, -0.15) is 15.0 Å². The minimum atomic E-state index is -0.389. The quantitative estimate of drug-likeness (QED) is 0.0935. The lowest BCUT2D eigenvalue weighted by atomic mass is 9.89. The van der Waals surface area contributed by atoms with Gasteiger partial charge in [-0.3, -0.25) is 14.9 Å². The largest absolute Gasteiger partial charge is 0.378 e. The number of hydrogen-bond donors (Lipinski definition) is 4. The topological polar surface area (TPSA) is 186 Å². The van der Waals surface area contributed by atoms with Crippen molar-refractivity contribution in [2.45, 2.75) is 32.1 Å². The van der Waals surface area contributed by atoms with Gasteiger partial charge in [0.2, 0.25) is 17.8 Å². The highest BCUT2D eigenvalue weighted by molar-refractivity contribution is 5.95. The van der Waals surface area contributed by atoms with Crippen LogP contribution >= 0.6 is 0 Å². The van der Waals surface area contributed by atoms with E-state index in [0.29, 0.717) is 101 Å². The molecule has 0 spiro atoms. The fourth-order valence-electron chi connectivity index (χ4n) is 5.83. The van der Waals surface area contributed by atoms with Gasteiger partial charge in [0.25, 0.3) is 11.6 Å². The van der Waals surface area contributed by atoms with E-state index < -0.39 is 0 Å². The van der Waals surface area contributed by atoms with Crippen molar-refractivity contribution in [3.63, 3.8) is 0 Å². The van der Waals surface area contributed by atoms with Crippen LogP contribution in [0.5, 0.6) is 0 Å². The molecular formula is C33H46N10O5. The van der Waals surface area contributed by atoms with E-state index in [0.717, 1.165) is 12.2 Å². The molecule has 5 rings (SSSR count). The number of rotatable bonds is 17. The van der Waals surface area contributed by atoms with Gasteiger partial charge in [-0.25, -0.2) is 0 Å². The molecule has 1 amide bonds. The minimum absolute atomic E-state index is 0.0767. The number of hydrogen-bond acceptors (Lipinski definition) is 13. The molecule has 48 heavy (non-hydrogen) atoms. The van der Waals surface area contributed by atoms with Gasteiger partial charge in [0.15, 0.2) is 0 Å². The van der Waals surface area contributed by atoms with Crippen molar-refractivity contribution in [1.29, 1.82) is 0 Å². The van der Waals surface area contributed by atoms with E-state index in [2.05, 4.69) is 25.8 Å². The second kappa shape index (κ2) is 18.1. The van der Waals surface area contributed by atoms with Gasteiger partial charge in [0.1, 0.15) is 0 Å². The maximum atomic E-state index is 12.8. The normalized spacial score (nSPS) is 15.3. The lowest BCUT2D eigenvalue weighted by molar-refractivity contribution is -0.384. The van der Waals surface area contributed by atoms with E-state index in [1.807, 2.05) is 12.1 Å². The van der Waals surface area contributed by atoms with E-state index in [-0.39, 0.29) is 16.5 Å².